The summed E-state index contributed by atoms with van der Waals surface area (Å²) in [4.78, 5) is 12.8. The van der Waals surface area contributed by atoms with Crippen molar-refractivity contribution in [2.24, 2.45) is 0 Å². The summed E-state index contributed by atoms with van der Waals surface area (Å²) in [7, 11) is -3.85. The summed E-state index contributed by atoms with van der Waals surface area (Å²) in [5.41, 5.74) is 0.639. The highest BCUT2D eigenvalue weighted by atomic mass is 35.5. The van der Waals surface area contributed by atoms with E-state index in [4.69, 9.17) is 27.6 Å². The Morgan fingerprint density at radius 2 is 1.67 bits per heavy atom. The number of carbonyl (C=O) groups excluding carboxylic acids is 1. The van der Waals surface area contributed by atoms with Crippen LogP contribution in [0, 0.1) is 0 Å². The fourth-order valence-electron chi connectivity index (χ4n) is 3.20. The Labute approximate surface area is 182 Å². The lowest BCUT2D eigenvalue weighted by molar-refractivity contribution is -0.119. The molecule has 2 heterocycles. The second-order valence-corrected chi connectivity index (χ2v) is 9.40. The molecule has 0 saturated carbocycles. The number of hydrogen-bond acceptors (Lipinski definition) is 6. The van der Waals surface area contributed by atoms with Crippen LogP contribution in [0.15, 0.2) is 57.8 Å². The SMILES string of the molecule is O=C(Nc1nnc(-c2ccc(Cl)cc2)o1)C1CCCN1S(=O)(=O)c1ccc(Cl)cc1. The molecule has 1 fully saturated rings. The number of aromatic nitrogens is 2. The summed E-state index contributed by atoms with van der Waals surface area (Å²) in [6.07, 6.45) is 0.946. The van der Waals surface area contributed by atoms with Crippen molar-refractivity contribution < 1.29 is 17.6 Å². The lowest BCUT2D eigenvalue weighted by Gasteiger charge is -2.22. The summed E-state index contributed by atoms with van der Waals surface area (Å²) < 4.78 is 32.6. The zero-order valence-corrected chi connectivity index (χ0v) is 17.8. The van der Waals surface area contributed by atoms with Crippen LogP contribution >= 0.6 is 23.2 Å². The zero-order chi connectivity index (χ0) is 21.3. The number of nitrogens with zero attached hydrogens (tertiary/aromatic N) is 3. The maximum Gasteiger partial charge on any atom is 0.322 e. The molecule has 1 aromatic heterocycles. The van der Waals surface area contributed by atoms with Gasteiger partial charge >= 0.3 is 6.01 Å². The molecule has 1 atom stereocenters. The Morgan fingerprint density at radius 3 is 2.33 bits per heavy atom. The van der Waals surface area contributed by atoms with Crippen molar-refractivity contribution in [1.82, 2.24) is 14.5 Å². The number of nitrogens with one attached hydrogen (secondary N) is 1. The molecule has 1 amide bonds. The third-order valence-corrected chi connectivity index (χ3v) is 7.10. The van der Waals surface area contributed by atoms with E-state index in [2.05, 4.69) is 15.5 Å². The number of anilines is 1. The fourth-order valence-corrected chi connectivity index (χ4v) is 5.11. The smallest absolute Gasteiger partial charge is 0.322 e. The molecule has 4 rings (SSSR count). The number of amides is 1. The molecule has 3 aromatic rings. The third-order valence-electron chi connectivity index (χ3n) is 4.67. The number of rotatable bonds is 5. The fraction of sp³-hybridized carbons (Fsp3) is 0.211. The first-order valence-corrected chi connectivity index (χ1v) is 11.2. The highest BCUT2D eigenvalue weighted by molar-refractivity contribution is 7.89. The first-order valence-electron chi connectivity index (χ1n) is 9.02. The Hall–Kier alpha value is -2.46. The van der Waals surface area contributed by atoms with Crippen LogP contribution in [0.25, 0.3) is 11.5 Å². The average molecular weight is 467 g/mol. The van der Waals surface area contributed by atoms with Gasteiger partial charge in [-0.2, -0.15) is 4.31 Å². The molecule has 1 saturated heterocycles. The quantitative estimate of drug-likeness (QED) is 0.612. The van der Waals surface area contributed by atoms with E-state index in [0.717, 1.165) is 0 Å². The molecule has 11 heteroatoms. The van der Waals surface area contributed by atoms with Gasteiger partial charge in [0.05, 0.1) is 4.90 Å². The highest BCUT2D eigenvalue weighted by Gasteiger charge is 2.39. The Kier molecular flexibility index (Phi) is 5.79. The van der Waals surface area contributed by atoms with E-state index in [1.54, 1.807) is 24.3 Å². The van der Waals surface area contributed by atoms with Gasteiger partial charge in [0, 0.05) is 22.2 Å². The Balaban J connectivity index is 1.50. The summed E-state index contributed by atoms with van der Waals surface area (Å²) in [6.45, 7) is 0.239. The minimum absolute atomic E-state index is 0.0782. The first-order chi connectivity index (χ1) is 14.3. The average Bonchev–Trinajstić information content (AvgIpc) is 3.39. The van der Waals surface area contributed by atoms with E-state index < -0.39 is 22.0 Å². The molecule has 1 aliphatic rings. The van der Waals surface area contributed by atoms with Crippen LogP contribution < -0.4 is 5.32 Å². The molecule has 1 aliphatic heterocycles. The maximum absolute atomic E-state index is 13.0. The van der Waals surface area contributed by atoms with Crippen molar-refractivity contribution in [2.75, 3.05) is 11.9 Å². The second-order valence-electron chi connectivity index (χ2n) is 6.64. The second kappa shape index (κ2) is 8.35. The van der Waals surface area contributed by atoms with E-state index >= 15 is 0 Å². The van der Waals surface area contributed by atoms with Crippen LogP contribution in [-0.2, 0) is 14.8 Å². The van der Waals surface area contributed by atoms with Crippen molar-refractivity contribution in [2.45, 2.75) is 23.8 Å². The van der Waals surface area contributed by atoms with Gasteiger partial charge in [-0.05, 0) is 61.4 Å². The number of halogens is 2. The Morgan fingerprint density at radius 1 is 1.03 bits per heavy atom. The molecular weight excluding hydrogens is 451 g/mol. The molecule has 0 radical (unpaired) electrons. The van der Waals surface area contributed by atoms with Crippen molar-refractivity contribution in [3.63, 3.8) is 0 Å². The zero-order valence-electron chi connectivity index (χ0n) is 15.5. The summed E-state index contributed by atoms with van der Waals surface area (Å²) >= 11 is 11.7. The first kappa shape index (κ1) is 20.8. The maximum atomic E-state index is 13.0. The van der Waals surface area contributed by atoms with Gasteiger partial charge in [0.2, 0.25) is 21.8 Å². The lowest BCUT2D eigenvalue weighted by Crippen LogP contribution is -2.43. The molecule has 30 heavy (non-hydrogen) atoms. The number of benzene rings is 2. The van der Waals surface area contributed by atoms with Crippen LogP contribution in [0.3, 0.4) is 0 Å². The van der Waals surface area contributed by atoms with Gasteiger partial charge in [0.25, 0.3) is 0 Å². The molecule has 156 valence electrons. The van der Waals surface area contributed by atoms with Crippen LogP contribution in [0.1, 0.15) is 12.8 Å². The van der Waals surface area contributed by atoms with Gasteiger partial charge in [-0.3, -0.25) is 10.1 Å². The van der Waals surface area contributed by atoms with Crippen molar-refractivity contribution in [3.8, 4) is 11.5 Å². The van der Waals surface area contributed by atoms with Gasteiger partial charge in [0.15, 0.2) is 0 Å². The minimum atomic E-state index is -3.85. The van der Waals surface area contributed by atoms with Crippen LogP contribution in [-0.4, -0.2) is 41.4 Å². The van der Waals surface area contributed by atoms with E-state index in [-0.39, 0.29) is 23.3 Å². The van der Waals surface area contributed by atoms with E-state index in [9.17, 15) is 13.2 Å². The third kappa shape index (κ3) is 4.20. The van der Waals surface area contributed by atoms with Crippen LogP contribution in [0.2, 0.25) is 10.0 Å². The van der Waals surface area contributed by atoms with Gasteiger partial charge in [-0.25, -0.2) is 8.42 Å². The van der Waals surface area contributed by atoms with E-state index in [1.807, 2.05) is 0 Å². The monoisotopic (exact) mass is 466 g/mol. The number of hydrogen-bond donors (Lipinski definition) is 1. The summed E-state index contributed by atoms with van der Waals surface area (Å²) in [6, 6.07) is 11.6. The van der Waals surface area contributed by atoms with Crippen LogP contribution in [0.5, 0.6) is 0 Å². The molecule has 8 nitrogen and oxygen atoms in total. The summed E-state index contributed by atoms with van der Waals surface area (Å²) in [5.74, 6) is -0.324. The van der Waals surface area contributed by atoms with Gasteiger partial charge in [-0.1, -0.05) is 28.3 Å². The molecule has 1 unspecified atom stereocenters. The molecular formula is C19H16Cl2N4O4S. The largest absolute Gasteiger partial charge is 0.403 e. The predicted molar refractivity (Wildman–Crippen MR) is 112 cm³/mol. The molecule has 0 bridgehead atoms. The molecule has 0 spiro atoms. The van der Waals surface area contributed by atoms with Crippen molar-refractivity contribution in [3.05, 3.63) is 58.6 Å². The van der Waals surface area contributed by atoms with E-state index in [0.29, 0.717) is 28.5 Å². The number of carbonyl (C=O) groups is 1. The predicted octanol–water partition coefficient (Wildman–Crippen LogP) is 3.84. The lowest BCUT2D eigenvalue weighted by atomic mass is 10.2. The van der Waals surface area contributed by atoms with Gasteiger partial charge < -0.3 is 4.42 Å². The van der Waals surface area contributed by atoms with Gasteiger partial charge in [-0.15, -0.1) is 5.10 Å². The number of sulfonamides is 1. The highest BCUT2D eigenvalue weighted by Crippen LogP contribution is 2.28. The van der Waals surface area contributed by atoms with Crippen LogP contribution in [0.4, 0.5) is 6.01 Å². The van der Waals surface area contributed by atoms with Crippen molar-refractivity contribution >= 4 is 45.1 Å². The Bertz CT molecular complexity index is 1160. The molecule has 2 aromatic carbocycles. The van der Waals surface area contributed by atoms with E-state index in [1.165, 1.54) is 28.6 Å². The standard InChI is InChI=1S/C19H16Cl2N4O4S/c20-13-5-3-12(4-6-13)18-23-24-19(29-18)22-17(26)16-2-1-11-25(16)30(27,28)15-9-7-14(21)8-10-15/h3-10,16H,1-2,11H2,(H,22,24,26). The topological polar surface area (TPSA) is 105 Å². The summed E-state index contributed by atoms with van der Waals surface area (Å²) in [5, 5.41) is 11.2. The van der Waals surface area contributed by atoms with Gasteiger partial charge in [0.1, 0.15) is 6.04 Å². The van der Waals surface area contributed by atoms with Crippen molar-refractivity contribution in [1.29, 1.82) is 0 Å². The normalized spacial score (nSPS) is 17.2. The minimum Gasteiger partial charge on any atom is -0.403 e. The molecule has 1 N–H and O–H groups in total. The molecule has 0 aliphatic carbocycles.